The Labute approximate surface area is 194 Å². The zero-order valence-electron chi connectivity index (χ0n) is 17.9. The number of aryl methyl sites for hydroxylation is 1. The SMILES string of the molecule is C=CCn1c(CNC(=O)c2ccccc2C)nnc1SCC(=O)Nc1ccc(C(=O)O)cc1. The largest absolute Gasteiger partial charge is 0.478 e. The summed E-state index contributed by atoms with van der Waals surface area (Å²) in [6, 6.07) is 13.2. The molecule has 2 amide bonds. The molecule has 1 heterocycles. The molecule has 0 aliphatic carbocycles. The maximum Gasteiger partial charge on any atom is 0.335 e. The van der Waals surface area contributed by atoms with Gasteiger partial charge in [-0.2, -0.15) is 0 Å². The molecule has 10 heteroatoms. The number of carbonyl (C=O) groups excluding carboxylic acids is 2. The van der Waals surface area contributed by atoms with Gasteiger partial charge in [0.2, 0.25) is 5.91 Å². The van der Waals surface area contributed by atoms with E-state index in [-0.39, 0.29) is 29.7 Å². The van der Waals surface area contributed by atoms with E-state index in [4.69, 9.17) is 5.11 Å². The van der Waals surface area contributed by atoms with E-state index in [1.165, 1.54) is 36.0 Å². The summed E-state index contributed by atoms with van der Waals surface area (Å²) in [4.78, 5) is 35.7. The predicted octanol–water partition coefficient (Wildman–Crippen LogP) is 3.13. The highest BCUT2D eigenvalue weighted by atomic mass is 32.2. The molecule has 2 aromatic carbocycles. The predicted molar refractivity (Wildman–Crippen MR) is 125 cm³/mol. The summed E-state index contributed by atoms with van der Waals surface area (Å²) in [7, 11) is 0. The molecule has 170 valence electrons. The monoisotopic (exact) mass is 465 g/mol. The number of anilines is 1. The van der Waals surface area contributed by atoms with Crippen LogP contribution in [-0.2, 0) is 17.9 Å². The second-order valence-electron chi connectivity index (χ2n) is 7.02. The Bertz CT molecular complexity index is 1170. The van der Waals surface area contributed by atoms with Crippen molar-refractivity contribution in [2.75, 3.05) is 11.1 Å². The molecule has 0 fully saturated rings. The van der Waals surface area contributed by atoms with Crippen LogP contribution in [0.5, 0.6) is 0 Å². The van der Waals surface area contributed by atoms with E-state index in [1.807, 2.05) is 25.1 Å². The average Bonchev–Trinajstić information content (AvgIpc) is 3.18. The van der Waals surface area contributed by atoms with Crippen LogP contribution >= 0.6 is 11.8 Å². The summed E-state index contributed by atoms with van der Waals surface area (Å²) < 4.78 is 1.78. The highest BCUT2D eigenvalue weighted by Gasteiger charge is 2.15. The van der Waals surface area contributed by atoms with Crippen LogP contribution < -0.4 is 10.6 Å². The molecule has 0 saturated carbocycles. The van der Waals surface area contributed by atoms with Crippen molar-refractivity contribution in [2.45, 2.75) is 25.2 Å². The third-order valence-electron chi connectivity index (χ3n) is 4.65. The molecule has 3 rings (SSSR count). The van der Waals surface area contributed by atoms with E-state index >= 15 is 0 Å². The van der Waals surface area contributed by atoms with Crippen molar-refractivity contribution in [3.63, 3.8) is 0 Å². The number of hydrogen-bond acceptors (Lipinski definition) is 6. The lowest BCUT2D eigenvalue weighted by Crippen LogP contribution is -2.25. The molecule has 0 atom stereocenters. The minimum atomic E-state index is -1.03. The van der Waals surface area contributed by atoms with Crippen LogP contribution in [0.2, 0.25) is 0 Å². The number of aromatic carboxylic acids is 1. The van der Waals surface area contributed by atoms with Gasteiger partial charge in [0.05, 0.1) is 17.9 Å². The fraction of sp³-hybridized carbons (Fsp3) is 0.174. The maximum absolute atomic E-state index is 12.5. The Morgan fingerprint density at radius 3 is 2.52 bits per heavy atom. The maximum atomic E-state index is 12.5. The lowest BCUT2D eigenvalue weighted by Gasteiger charge is -2.10. The Hall–Kier alpha value is -3.92. The van der Waals surface area contributed by atoms with Gasteiger partial charge in [-0.25, -0.2) is 4.79 Å². The molecule has 3 N–H and O–H groups in total. The van der Waals surface area contributed by atoms with Crippen molar-refractivity contribution >= 4 is 35.2 Å². The van der Waals surface area contributed by atoms with E-state index in [9.17, 15) is 14.4 Å². The lowest BCUT2D eigenvalue weighted by atomic mass is 10.1. The van der Waals surface area contributed by atoms with Crippen molar-refractivity contribution < 1.29 is 19.5 Å². The zero-order chi connectivity index (χ0) is 23.8. The quantitative estimate of drug-likeness (QED) is 0.310. The molecule has 0 radical (unpaired) electrons. The Morgan fingerprint density at radius 1 is 1.12 bits per heavy atom. The summed E-state index contributed by atoms with van der Waals surface area (Å²) in [5.41, 5.74) is 2.11. The number of allylic oxidation sites excluding steroid dienone is 1. The first kappa shape index (κ1) is 23.7. The minimum Gasteiger partial charge on any atom is -0.478 e. The topological polar surface area (TPSA) is 126 Å². The first-order valence-corrected chi connectivity index (χ1v) is 11.0. The van der Waals surface area contributed by atoms with Crippen molar-refractivity contribution in [3.05, 3.63) is 83.7 Å². The number of hydrogen-bond donors (Lipinski definition) is 3. The van der Waals surface area contributed by atoms with Gasteiger partial charge in [-0.3, -0.25) is 9.59 Å². The van der Waals surface area contributed by atoms with Crippen LogP contribution in [0.3, 0.4) is 0 Å². The summed E-state index contributed by atoms with van der Waals surface area (Å²) in [6.45, 7) is 6.22. The molecule has 0 bridgehead atoms. The highest BCUT2D eigenvalue weighted by molar-refractivity contribution is 7.99. The molecule has 0 spiro atoms. The number of nitrogens with one attached hydrogen (secondary N) is 2. The Morgan fingerprint density at radius 2 is 1.85 bits per heavy atom. The van der Waals surface area contributed by atoms with Crippen molar-refractivity contribution in [3.8, 4) is 0 Å². The summed E-state index contributed by atoms with van der Waals surface area (Å²) in [5, 5.41) is 23.3. The first-order valence-electron chi connectivity index (χ1n) is 10.0. The number of carbonyl (C=O) groups is 3. The summed E-state index contributed by atoms with van der Waals surface area (Å²) in [5.74, 6) is -0.889. The number of amides is 2. The standard InChI is InChI=1S/C23H23N5O4S/c1-3-12-28-19(13-24-21(30)18-7-5-4-6-15(18)2)26-27-23(28)33-14-20(29)25-17-10-8-16(9-11-17)22(31)32/h3-11H,1,12-14H2,2H3,(H,24,30)(H,25,29)(H,31,32). The van der Waals surface area contributed by atoms with Gasteiger partial charge in [-0.05, 0) is 42.8 Å². The van der Waals surface area contributed by atoms with Gasteiger partial charge in [0.15, 0.2) is 11.0 Å². The van der Waals surface area contributed by atoms with Gasteiger partial charge in [-0.15, -0.1) is 16.8 Å². The molecule has 0 saturated heterocycles. The second kappa shape index (κ2) is 11.1. The van der Waals surface area contributed by atoms with E-state index in [0.717, 1.165) is 5.56 Å². The van der Waals surface area contributed by atoms with Crippen LogP contribution in [-0.4, -0.2) is 43.4 Å². The van der Waals surface area contributed by atoms with Crippen LogP contribution in [0, 0.1) is 6.92 Å². The van der Waals surface area contributed by atoms with Gasteiger partial charge in [0.25, 0.3) is 5.91 Å². The molecular formula is C23H23N5O4S. The third-order valence-corrected chi connectivity index (χ3v) is 5.62. The zero-order valence-corrected chi connectivity index (χ0v) is 18.8. The minimum absolute atomic E-state index is 0.0749. The van der Waals surface area contributed by atoms with Crippen molar-refractivity contribution in [1.82, 2.24) is 20.1 Å². The second-order valence-corrected chi connectivity index (χ2v) is 7.96. The smallest absolute Gasteiger partial charge is 0.335 e. The molecule has 0 aliphatic heterocycles. The molecule has 3 aromatic rings. The fourth-order valence-electron chi connectivity index (χ4n) is 2.97. The van der Waals surface area contributed by atoms with E-state index in [1.54, 1.807) is 16.7 Å². The normalized spacial score (nSPS) is 10.5. The van der Waals surface area contributed by atoms with E-state index in [0.29, 0.717) is 28.8 Å². The van der Waals surface area contributed by atoms with Gasteiger partial charge < -0.3 is 20.3 Å². The lowest BCUT2D eigenvalue weighted by molar-refractivity contribution is -0.113. The number of nitrogens with zero attached hydrogens (tertiary/aromatic N) is 3. The van der Waals surface area contributed by atoms with Crippen molar-refractivity contribution in [1.29, 1.82) is 0 Å². The van der Waals surface area contributed by atoms with E-state index in [2.05, 4.69) is 27.4 Å². The summed E-state index contributed by atoms with van der Waals surface area (Å²) in [6.07, 6.45) is 1.68. The van der Waals surface area contributed by atoms with Crippen LogP contribution in [0.4, 0.5) is 5.69 Å². The molecule has 33 heavy (non-hydrogen) atoms. The van der Waals surface area contributed by atoms with Crippen molar-refractivity contribution in [2.24, 2.45) is 0 Å². The molecule has 0 aliphatic rings. The number of aromatic nitrogens is 3. The number of thioether (sulfide) groups is 1. The van der Waals surface area contributed by atoms with Gasteiger partial charge >= 0.3 is 5.97 Å². The van der Waals surface area contributed by atoms with Gasteiger partial charge in [-0.1, -0.05) is 36.0 Å². The molecule has 0 unspecified atom stereocenters. The fourth-order valence-corrected chi connectivity index (χ4v) is 3.74. The van der Waals surface area contributed by atoms with E-state index < -0.39 is 5.97 Å². The average molecular weight is 466 g/mol. The van der Waals surface area contributed by atoms with Crippen LogP contribution in [0.25, 0.3) is 0 Å². The molecule has 1 aromatic heterocycles. The van der Waals surface area contributed by atoms with Gasteiger partial charge in [0.1, 0.15) is 0 Å². The third kappa shape index (κ3) is 6.30. The first-order chi connectivity index (χ1) is 15.9. The highest BCUT2D eigenvalue weighted by Crippen LogP contribution is 2.18. The number of carboxylic acids is 1. The Kier molecular flexibility index (Phi) is 7.98. The summed E-state index contributed by atoms with van der Waals surface area (Å²) >= 11 is 1.20. The number of benzene rings is 2. The van der Waals surface area contributed by atoms with Crippen LogP contribution in [0.1, 0.15) is 32.1 Å². The number of rotatable bonds is 10. The van der Waals surface area contributed by atoms with Gasteiger partial charge in [0, 0.05) is 17.8 Å². The molecule has 9 nitrogen and oxygen atoms in total. The molecular weight excluding hydrogens is 442 g/mol. The number of carboxylic acid groups (broad SMARTS) is 1. The van der Waals surface area contributed by atoms with Crippen LogP contribution in [0.15, 0.2) is 66.3 Å². The Balaban J connectivity index is 1.60.